The molecule has 0 spiro atoms. The number of anilines is 2. The predicted molar refractivity (Wildman–Crippen MR) is 139 cm³/mol. The first kappa shape index (κ1) is 26.8. The highest BCUT2D eigenvalue weighted by Crippen LogP contribution is 2.39. The van der Waals surface area contributed by atoms with Crippen LogP contribution < -0.4 is 20.5 Å². The average Bonchev–Trinajstić information content (AvgIpc) is 3.14. The number of benzene rings is 2. The number of aromatic nitrogens is 2. The van der Waals surface area contributed by atoms with Gasteiger partial charge in [-0.15, -0.1) is 0 Å². The van der Waals surface area contributed by atoms with Crippen molar-refractivity contribution in [1.29, 1.82) is 0 Å². The minimum Gasteiger partial charge on any atom is -0.493 e. The molecule has 37 heavy (non-hydrogen) atoms. The molecule has 2 aromatic carbocycles. The van der Waals surface area contributed by atoms with Crippen LogP contribution in [-0.4, -0.2) is 47.7 Å². The van der Waals surface area contributed by atoms with Crippen molar-refractivity contribution in [3.63, 3.8) is 0 Å². The molecular formula is C27H34F3N5O2. The number of nitrogens with two attached hydrogens (primary N) is 1. The summed E-state index contributed by atoms with van der Waals surface area (Å²) in [6, 6.07) is 6.45. The van der Waals surface area contributed by atoms with E-state index in [1.807, 2.05) is 6.07 Å². The second-order valence-electron chi connectivity index (χ2n) is 9.84. The van der Waals surface area contributed by atoms with Crippen LogP contribution in [0, 0.1) is 13.8 Å². The Labute approximate surface area is 215 Å². The highest BCUT2D eigenvalue weighted by molar-refractivity contribution is 5.92. The number of ether oxygens (including phenoxy) is 2. The second-order valence-corrected chi connectivity index (χ2v) is 9.84. The van der Waals surface area contributed by atoms with Gasteiger partial charge in [-0.3, -0.25) is 4.90 Å². The lowest BCUT2D eigenvalue weighted by atomic mass is 9.96. The first-order valence-electron chi connectivity index (χ1n) is 12.3. The molecule has 1 aliphatic rings. The summed E-state index contributed by atoms with van der Waals surface area (Å²) in [6.45, 7) is 7.71. The number of rotatable bonds is 7. The van der Waals surface area contributed by atoms with Gasteiger partial charge in [0, 0.05) is 29.2 Å². The number of nitrogen functional groups attached to an aromatic ring is 1. The Balaban J connectivity index is 1.69. The maximum Gasteiger partial charge on any atom is 0.416 e. The monoisotopic (exact) mass is 517 g/mol. The van der Waals surface area contributed by atoms with Crippen LogP contribution in [0.5, 0.6) is 11.5 Å². The Morgan fingerprint density at radius 3 is 2.49 bits per heavy atom. The molecule has 0 aliphatic carbocycles. The van der Waals surface area contributed by atoms with E-state index in [0.717, 1.165) is 18.9 Å². The number of likely N-dealkylation sites (tertiary alicyclic amines) is 1. The summed E-state index contributed by atoms with van der Waals surface area (Å²) in [5.74, 6) is 2.12. The lowest BCUT2D eigenvalue weighted by molar-refractivity contribution is -0.138. The Kier molecular flexibility index (Phi) is 7.41. The van der Waals surface area contributed by atoms with E-state index in [9.17, 15) is 13.2 Å². The topological polar surface area (TPSA) is 85.5 Å². The molecule has 1 saturated heterocycles. The summed E-state index contributed by atoms with van der Waals surface area (Å²) in [4.78, 5) is 11.4. The van der Waals surface area contributed by atoms with E-state index in [-0.39, 0.29) is 11.3 Å². The molecule has 3 atom stereocenters. The van der Waals surface area contributed by atoms with Crippen molar-refractivity contribution < 1.29 is 22.6 Å². The molecular weight excluding hydrogens is 483 g/mol. The second kappa shape index (κ2) is 10.2. The number of hydrogen-bond acceptors (Lipinski definition) is 7. The van der Waals surface area contributed by atoms with Gasteiger partial charge in [0.1, 0.15) is 18.2 Å². The Morgan fingerprint density at radius 2 is 1.86 bits per heavy atom. The molecule has 1 aliphatic heterocycles. The van der Waals surface area contributed by atoms with E-state index in [4.69, 9.17) is 15.2 Å². The van der Waals surface area contributed by atoms with E-state index in [2.05, 4.69) is 34.2 Å². The van der Waals surface area contributed by atoms with Crippen LogP contribution in [0.1, 0.15) is 55.2 Å². The maximum absolute atomic E-state index is 13.6. The zero-order valence-corrected chi connectivity index (χ0v) is 22.0. The van der Waals surface area contributed by atoms with E-state index >= 15 is 0 Å². The van der Waals surface area contributed by atoms with Gasteiger partial charge in [-0.25, -0.2) is 9.97 Å². The zero-order chi connectivity index (χ0) is 27.1. The van der Waals surface area contributed by atoms with Crippen LogP contribution in [0.25, 0.3) is 10.9 Å². The van der Waals surface area contributed by atoms with Crippen LogP contribution in [-0.2, 0) is 6.18 Å². The Morgan fingerprint density at radius 1 is 1.14 bits per heavy atom. The average molecular weight is 518 g/mol. The van der Waals surface area contributed by atoms with Crippen molar-refractivity contribution in [3.05, 3.63) is 46.8 Å². The van der Waals surface area contributed by atoms with Gasteiger partial charge >= 0.3 is 6.18 Å². The SMILES string of the molecule is COc1cc2nc(C)nc(N[C@H](C)c3cc(N)cc(C(F)(F)F)c3C)c2cc1OC[C@@H]1CC[C@H](C)N1C. The molecule has 0 bridgehead atoms. The molecule has 1 fully saturated rings. The number of fused-ring (bicyclic) bond motifs is 1. The molecule has 7 nitrogen and oxygen atoms in total. The number of hydrogen-bond donors (Lipinski definition) is 2. The summed E-state index contributed by atoms with van der Waals surface area (Å²) in [7, 11) is 3.68. The molecule has 0 radical (unpaired) electrons. The minimum atomic E-state index is -4.50. The van der Waals surface area contributed by atoms with Crippen LogP contribution >= 0.6 is 0 Å². The normalized spacial score (nSPS) is 19.3. The van der Waals surface area contributed by atoms with Crippen molar-refractivity contribution >= 4 is 22.4 Å². The van der Waals surface area contributed by atoms with Crippen LogP contribution in [0.2, 0.25) is 0 Å². The molecule has 4 rings (SSSR count). The zero-order valence-electron chi connectivity index (χ0n) is 22.0. The van der Waals surface area contributed by atoms with Gasteiger partial charge < -0.3 is 20.5 Å². The summed E-state index contributed by atoms with van der Waals surface area (Å²) in [5.41, 5.74) is 6.35. The van der Waals surface area contributed by atoms with E-state index in [0.29, 0.717) is 58.3 Å². The van der Waals surface area contributed by atoms with Gasteiger partial charge in [0.15, 0.2) is 11.5 Å². The van der Waals surface area contributed by atoms with Crippen molar-refractivity contribution in [2.45, 2.75) is 64.8 Å². The highest BCUT2D eigenvalue weighted by atomic mass is 19.4. The lowest BCUT2D eigenvalue weighted by Gasteiger charge is -2.24. The predicted octanol–water partition coefficient (Wildman–Crippen LogP) is 5.89. The Hall–Kier alpha value is -3.27. The fraction of sp³-hybridized carbons (Fsp3) is 0.481. The summed E-state index contributed by atoms with van der Waals surface area (Å²) in [5, 5.41) is 3.96. The van der Waals surface area contributed by atoms with Crippen molar-refractivity contribution in [2.24, 2.45) is 0 Å². The molecule has 0 unspecified atom stereocenters. The van der Waals surface area contributed by atoms with Gasteiger partial charge in [0.2, 0.25) is 0 Å². The smallest absolute Gasteiger partial charge is 0.416 e. The van der Waals surface area contributed by atoms with Gasteiger partial charge in [0.25, 0.3) is 0 Å². The maximum atomic E-state index is 13.6. The fourth-order valence-corrected chi connectivity index (χ4v) is 5.01. The quantitative estimate of drug-likeness (QED) is 0.378. The minimum absolute atomic E-state index is 0.0527. The molecule has 200 valence electrons. The third kappa shape index (κ3) is 5.53. The lowest BCUT2D eigenvalue weighted by Crippen LogP contribution is -2.34. The molecule has 1 aromatic heterocycles. The number of methoxy groups -OCH3 is 1. The third-order valence-corrected chi connectivity index (χ3v) is 7.31. The standard InChI is InChI=1S/C27H34F3N5O2/c1-14-7-8-19(35(14)5)13-37-25-11-21-23(12-24(25)36-6)33-17(4)34-26(21)32-16(3)20-9-18(31)10-22(15(20)2)27(28,29)30/h9-12,14,16,19H,7-8,13,31H2,1-6H3,(H,32,33,34)/t14-,16+,19-/m0/s1. The largest absolute Gasteiger partial charge is 0.493 e. The van der Waals surface area contributed by atoms with Gasteiger partial charge in [-0.2, -0.15) is 13.2 Å². The fourth-order valence-electron chi connectivity index (χ4n) is 5.01. The van der Waals surface area contributed by atoms with Crippen molar-refractivity contribution in [2.75, 3.05) is 31.8 Å². The molecule has 0 amide bonds. The molecule has 2 heterocycles. The Bertz CT molecular complexity index is 1300. The molecule has 0 saturated carbocycles. The van der Waals surface area contributed by atoms with E-state index < -0.39 is 17.8 Å². The summed E-state index contributed by atoms with van der Waals surface area (Å²) in [6.07, 6.45) is -2.32. The number of nitrogens with one attached hydrogen (secondary N) is 1. The van der Waals surface area contributed by atoms with Crippen LogP contribution in [0.15, 0.2) is 24.3 Å². The summed E-state index contributed by atoms with van der Waals surface area (Å²) >= 11 is 0. The van der Waals surface area contributed by atoms with Crippen LogP contribution in [0.4, 0.5) is 24.7 Å². The molecule has 3 aromatic rings. The first-order valence-corrected chi connectivity index (χ1v) is 12.3. The van der Waals surface area contributed by atoms with E-state index in [1.54, 1.807) is 33.1 Å². The van der Waals surface area contributed by atoms with Gasteiger partial charge in [0.05, 0.1) is 24.2 Å². The number of alkyl halides is 3. The number of aryl methyl sites for hydroxylation is 1. The summed E-state index contributed by atoms with van der Waals surface area (Å²) < 4.78 is 52.5. The van der Waals surface area contributed by atoms with Crippen LogP contribution in [0.3, 0.4) is 0 Å². The highest BCUT2D eigenvalue weighted by Gasteiger charge is 2.34. The molecule has 3 N–H and O–H groups in total. The van der Waals surface area contributed by atoms with Gasteiger partial charge in [-0.1, -0.05) is 0 Å². The number of nitrogens with zero attached hydrogens (tertiary/aromatic N) is 3. The number of halogens is 3. The van der Waals surface area contributed by atoms with Gasteiger partial charge in [-0.05, 0) is 76.9 Å². The van der Waals surface area contributed by atoms with E-state index in [1.165, 1.54) is 6.92 Å². The number of likely N-dealkylation sites (N-methyl/N-ethyl adjacent to an activating group) is 1. The third-order valence-electron chi connectivity index (χ3n) is 7.31. The van der Waals surface area contributed by atoms with Crippen molar-refractivity contribution in [1.82, 2.24) is 14.9 Å². The molecule has 10 heteroatoms. The van der Waals surface area contributed by atoms with Crippen molar-refractivity contribution in [3.8, 4) is 11.5 Å². The first-order chi connectivity index (χ1) is 17.4.